The van der Waals surface area contributed by atoms with Crippen molar-refractivity contribution in [2.75, 3.05) is 0 Å². The van der Waals surface area contributed by atoms with Crippen molar-refractivity contribution in [3.8, 4) is 0 Å². The summed E-state index contributed by atoms with van der Waals surface area (Å²) in [7, 11) is 0. The van der Waals surface area contributed by atoms with Crippen molar-refractivity contribution in [1.29, 1.82) is 0 Å². The minimum Gasteiger partial charge on any atom is -0.290 e. The number of aryl methyl sites for hydroxylation is 1. The second kappa shape index (κ2) is 2.94. The van der Waals surface area contributed by atoms with Gasteiger partial charge in [0.1, 0.15) is 0 Å². The zero-order valence-electron chi connectivity index (χ0n) is 9.00. The first-order valence-electron chi connectivity index (χ1n) is 5.15. The molecule has 1 aromatic carbocycles. The monoisotopic (exact) mass is 188 g/mol. The van der Waals surface area contributed by atoms with E-state index >= 15 is 0 Å². The van der Waals surface area contributed by atoms with Gasteiger partial charge in [0, 0.05) is 0 Å². The lowest BCUT2D eigenvalue weighted by Crippen LogP contribution is -2.06. The average molecular weight is 188 g/mol. The maximum atomic E-state index is 11.6. The molecule has 0 aromatic heterocycles. The van der Waals surface area contributed by atoms with E-state index in [-0.39, 0.29) is 10.8 Å². The summed E-state index contributed by atoms with van der Waals surface area (Å²) in [6, 6.07) is 7.77. The Morgan fingerprint density at radius 2 is 2.07 bits per heavy atom. The second-order valence-corrected chi connectivity index (χ2v) is 4.70. The van der Waals surface area contributed by atoms with Gasteiger partial charge >= 0.3 is 0 Å². The van der Waals surface area contributed by atoms with E-state index in [2.05, 4.69) is 19.9 Å². The molecule has 0 spiro atoms. The number of hydrogen-bond acceptors (Lipinski definition) is 1. The van der Waals surface area contributed by atoms with Crippen LogP contribution in [0.25, 0.3) is 0 Å². The molecule has 1 aliphatic carbocycles. The summed E-state index contributed by atoms with van der Waals surface area (Å²) in [5.41, 5.74) is 2.44. The zero-order valence-corrected chi connectivity index (χ0v) is 9.00. The molecule has 1 nitrogen and oxygen atoms in total. The highest BCUT2D eigenvalue weighted by atomic mass is 16.1. The zero-order chi connectivity index (χ0) is 10.3. The molecule has 1 aromatic rings. The average Bonchev–Trinajstić information content (AvgIpc) is 2.76. The molecule has 1 heteroatoms. The Morgan fingerprint density at radius 3 is 2.64 bits per heavy atom. The fourth-order valence-corrected chi connectivity index (χ4v) is 2.02. The van der Waals surface area contributed by atoms with E-state index in [0.717, 1.165) is 5.56 Å². The largest absolute Gasteiger partial charge is 0.290 e. The van der Waals surface area contributed by atoms with Gasteiger partial charge in [0.15, 0.2) is 5.43 Å². The molecule has 14 heavy (non-hydrogen) atoms. The lowest BCUT2D eigenvalue weighted by molar-refractivity contribution is 0.702. The van der Waals surface area contributed by atoms with Gasteiger partial charge in [-0.25, -0.2) is 0 Å². The highest BCUT2D eigenvalue weighted by molar-refractivity contribution is 5.32. The summed E-state index contributed by atoms with van der Waals surface area (Å²) in [5, 5.41) is 0. The van der Waals surface area contributed by atoms with Crippen LogP contribution in [0.3, 0.4) is 0 Å². The molecule has 0 amide bonds. The summed E-state index contributed by atoms with van der Waals surface area (Å²) in [6.45, 7) is 6.34. The van der Waals surface area contributed by atoms with E-state index < -0.39 is 0 Å². The maximum absolute atomic E-state index is 11.6. The molecule has 0 N–H and O–H groups in total. The second-order valence-electron chi connectivity index (χ2n) is 4.70. The molecule has 0 bridgehead atoms. The Kier molecular flexibility index (Phi) is 1.99. The number of rotatable bonds is 1. The summed E-state index contributed by atoms with van der Waals surface area (Å²) >= 11 is 0. The molecule has 2 rings (SSSR count). The summed E-state index contributed by atoms with van der Waals surface area (Å²) in [4.78, 5) is 11.6. The lowest BCUT2D eigenvalue weighted by Gasteiger charge is -2.06. The van der Waals surface area contributed by atoms with Crippen LogP contribution in [0.4, 0.5) is 0 Å². The fraction of sp³-hybridized carbons (Fsp3) is 0.462. The van der Waals surface area contributed by atoms with Crippen LogP contribution in [0.15, 0.2) is 29.1 Å². The highest BCUT2D eigenvalue weighted by Gasteiger charge is 2.47. The van der Waals surface area contributed by atoms with Crippen molar-refractivity contribution in [2.45, 2.75) is 32.6 Å². The third-order valence-corrected chi connectivity index (χ3v) is 3.61. The molecule has 2 atom stereocenters. The van der Waals surface area contributed by atoms with Crippen LogP contribution in [-0.4, -0.2) is 0 Å². The molecular formula is C13H16O. The van der Waals surface area contributed by atoms with E-state index in [1.165, 1.54) is 12.0 Å². The van der Waals surface area contributed by atoms with Crippen molar-refractivity contribution in [3.05, 3.63) is 45.6 Å². The molecule has 0 aliphatic heterocycles. The van der Waals surface area contributed by atoms with Crippen LogP contribution >= 0.6 is 0 Å². The summed E-state index contributed by atoms with van der Waals surface area (Å²) in [6.07, 6.45) is 1.20. The van der Waals surface area contributed by atoms with Crippen LogP contribution in [0.2, 0.25) is 0 Å². The van der Waals surface area contributed by atoms with Gasteiger partial charge in [0.2, 0.25) is 0 Å². The van der Waals surface area contributed by atoms with Crippen LogP contribution in [-0.2, 0) is 5.41 Å². The van der Waals surface area contributed by atoms with Crippen LogP contribution in [0.1, 0.15) is 31.4 Å². The van der Waals surface area contributed by atoms with E-state index in [1.807, 2.05) is 19.1 Å². The van der Waals surface area contributed by atoms with E-state index in [1.54, 1.807) is 6.07 Å². The predicted octanol–water partition coefficient (Wildman–Crippen LogP) is 2.65. The SMILES string of the molecule is Cc1cccc(C2(C)CC2C)cc1=O. The van der Waals surface area contributed by atoms with Crippen molar-refractivity contribution < 1.29 is 0 Å². The molecule has 1 saturated carbocycles. The summed E-state index contributed by atoms with van der Waals surface area (Å²) < 4.78 is 0. The fourth-order valence-electron chi connectivity index (χ4n) is 2.02. The van der Waals surface area contributed by atoms with E-state index in [0.29, 0.717) is 5.92 Å². The van der Waals surface area contributed by atoms with E-state index in [4.69, 9.17) is 0 Å². The van der Waals surface area contributed by atoms with E-state index in [9.17, 15) is 4.79 Å². The minimum absolute atomic E-state index is 0.158. The van der Waals surface area contributed by atoms with Gasteiger partial charge in [-0.05, 0) is 41.9 Å². The molecule has 2 unspecified atom stereocenters. The van der Waals surface area contributed by atoms with Gasteiger partial charge in [-0.3, -0.25) is 4.79 Å². The van der Waals surface area contributed by atoms with Crippen LogP contribution in [0.5, 0.6) is 0 Å². The molecule has 74 valence electrons. The Balaban J connectivity index is 2.53. The first-order valence-corrected chi connectivity index (χ1v) is 5.15. The van der Waals surface area contributed by atoms with Gasteiger partial charge in [-0.1, -0.05) is 32.0 Å². The normalized spacial score (nSPS) is 30.1. The maximum Gasteiger partial charge on any atom is 0.181 e. The smallest absolute Gasteiger partial charge is 0.181 e. The van der Waals surface area contributed by atoms with Crippen LogP contribution < -0.4 is 5.43 Å². The Bertz CT molecular complexity index is 422. The van der Waals surface area contributed by atoms with Gasteiger partial charge in [0.05, 0.1) is 0 Å². The molecule has 0 heterocycles. The standard InChI is InChI=1S/C13H16O/c1-9-5-4-6-11(7-12(9)14)13(3)8-10(13)2/h4-7,10H,8H2,1-3H3. The summed E-state index contributed by atoms with van der Waals surface area (Å²) in [5.74, 6) is 0.713. The van der Waals surface area contributed by atoms with Gasteiger partial charge in [-0.2, -0.15) is 0 Å². The first-order chi connectivity index (χ1) is 6.54. The molecule has 1 fully saturated rings. The third-order valence-electron chi connectivity index (χ3n) is 3.61. The Morgan fingerprint density at radius 1 is 1.43 bits per heavy atom. The Labute approximate surface area is 84.8 Å². The van der Waals surface area contributed by atoms with Gasteiger partial charge in [0.25, 0.3) is 0 Å². The molecule has 1 aliphatic rings. The van der Waals surface area contributed by atoms with Crippen LogP contribution in [0, 0.1) is 12.8 Å². The molecular weight excluding hydrogens is 172 g/mol. The topological polar surface area (TPSA) is 17.1 Å². The Hall–Kier alpha value is -1.11. The first kappa shape index (κ1) is 9.45. The van der Waals surface area contributed by atoms with Crippen molar-refractivity contribution >= 4 is 0 Å². The number of hydrogen-bond donors (Lipinski definition) is 0. The lowest BCUT2D eigenvalue weighted by atomic mass is 9.97. The molecule has 0 radical (unpaired) electrons. The quantitative estimate of drug-likeness (QED) is 0.662. The molecule has 0 saturated heterocycles. The predicted molar refractivity (Wildman–Crippen MR) is 58.6 cm³/mol. The van der Waals surface area contributed by atoms with Gasteiger partial charge in [-0.15, -0.1) is 0 Å². The van der Waals surface area contributed by atoms with Crippen molar-refractivity contribution in [1.82, 2.24) is 0 Å². The highest BCUT2D eigenvalue weighted by Crippen LogP contribution is 2.53. The minimum atomic E-state index is 0.158. The third kappa shape index (κ3) is 1.37. The van der Waals surface area contributed by atoms with Crippen molar-refractivity contribution in [2.24, 2.45) is 5.92 Å². The van der Waals surface area contributed by atoms with Gasteiger partial charge < -0.3 is 0 Å². The van der Waals surface area contributed by atoms with Crippen molar-refractivity contribution in [3.63, 3.8) is 0 Å².